The number of urea groups is 1. The first-order valence-corrected chi connectivity index (χ1v) is 9.65. The van der Waals surface area contributed by atoms with Gasteiger partial charge in [0, 0.05) is 6.54 Å². The second kappa shape index (κ2) is 9.04. The van der Waals surface area contributed by atoms with Crippen LogP contribution in [0.2, 0.25) is 0 Å². The van der Waals surface area contributed by atoms with Crippen molar-refractivity contribution in [3.63, 3.8) is 0 Å². The van der Waals surface area contributed by atoms with Gasteiger partial charge in [0.15, 0.2) is 0 Å². The summed E-state index contributed by atoms with van der Waals surface area (Å²) in [4.78, 5) is 38.2. The molecule has 1 aliphatic carbocycles. The summed E-state index contributed by atoms with van der Waals surface area (Å²) >= 11 is 0. The molecular formula is C18H31ClN4O3. The zero-order chi connectivity index (χ0) is 17.9. The van der Waals surface area contributed by atoms with Crippen molar-refractivity contribution >= 4 is 30.3 Å². The number of hydrogen-bond acceptors (Lipinski definition) is 4. The van der Waals surface area contributed by atoms with Crippen LogP contribution in [-0.4, -0.2) is 54.5 Å². The molecule has 2 saturated heterocycles. The van der Waals surface area contributed by atoms with Crippen LogP contribution in [0.25, 0.3) is 0 Å². The quantitative estimate of drug-likeness (QED) is 0.602. The second-order valence-corrected chi connectivity index (χ2v) is 7.75. The van der Waals surface area contributed by atoms with Gasteiger partial charge in [-0.2, -0.15) is 0 Å². The predicted molar refractivity (Wildman–Crippen MR) is 101 cm³/mol. The average molecular weight is 387 g/mol. The molecule has 1 spiro atoms. The Morgan fingerprint density at radius 2 is 1.96 bits per heavy atom. The van der Waals surface area contributed by atoms with E-state index in [0.717, 1.165) is 50.1 Å². The van der Waals surface area contributed by atoms with E-state index < -0.39 is 11.6 Å². The molecule has 0 aromatic heterocycles. The SMILES string of the molecule is CCC1CCC2(CC1)NC(=O)N(CC(=O)NCCC1CCNC1)C2=O.Cl. The highest BCUT2D eigenvalue weighted by atomic mass is 35.5. The van der Waals surface area contributed by atoms with Gasteiger partial charge in [-0.05, 0) is 63.5 Å². The maximum Gasteiger partial charge on any atom is 0.325 e. The third-order valence-electron chi connectivity index (χ3n) is 6.12. The average Bonchev–Trinajstić information content (AvgIpc) is 3.19. The summed E-state index contributed by atoms with van der Waals surface area (Å²) in [6.07, 6.45) is 6.47. The number of nitrogens with zero attached hydrogens (tertiary/aromatic N) is 1. The van der Waals surface area contributed by atoms with Gasteiger partial charge >= 0.3 is 6.03 Å². The summed E-state index contributed by atoms with van der Waals surface area (Å²) < 4.78 is 0. The number of carbonyl (C=O) groups excluding carboxylic acids is 3. The third-order valence-corrected chi connectivity index (χ3v) is 6.12. The fraction of sp³-hybridized carbons (Fsp3) is 0.833. The van der Waals surface area contributed by atoms with Gasteiger partial charge in [-0.15, -0.1) is 12.4 Å². The summed E-state index contributed by atoms with van der Waals surface area (Å²) in [5, 5.41) is 9.02. The molecule has 4 amide bonds. The zero-order valence-electron chi connectivity index (χ0n) is 15.5. The molecular weight excluding hydrogens is 356 g/mol. The van der Waals surface area contributed by atoms with E-state index in [-0.39, 0.29) is 30.8 Å². The van der Waals surface area contributed by atoms with Gasteiger partial charge in [-0.25, -0.2) is 4.79 Å². The molecule has 3 aliphatic rings. The largest absolute Gasteiger partial charge is 0.355 e. The molecule has 7 nitrogen and oxygen atoms in total. The number of halogens is 1. The molecule has 0 bridgehead atoms. The molecule has 1 saturated carbocycles. The summed E-state index contributed by atoms with van der Waals surface area (Å²) in [6.45, 7) is 4.63. The smallest absolute Gasteiger partial charge is 0.325 e. The second-order valence-electron chi connectivity index (χ2n) is 7.75. The van der Waals surface area contributed by atoms with E-state index in [1.54, 1.807) is 0 Å². The maximum absolute atomic E-state index is 12.8. The first-order valence-electron chi connectivity index (χ1n) is 9.65. The first kappa shape index (κ1) is 21.0. The number of carbonyl (C=O) groups is 3. The van der Waals surface area contributed by atoms with Crippen molar-refractivity contribution in [2.45, 2.75) is 57.4 Å². The molecule has 3 rings (SSSR count). The minimum absolute atomic E-state index is 0. The van der Waals surface area contributed by atoms with Crippen molar-refractivity contribution in [1.82, 2.24) is 20.9 Å². The highest BCUT2D eigenvalue weighted by Crippen LogP contribution is 2.37. The van der Waals surface area contributed by atoms with Crippen LogP contribution in [-0.2, 0) is 9.59 Å². The Labute approximate surface area is 161 Å². The van der Waals surface area contributed by atoms with Crippen molar-refractivity contribution < 1.29 is 14.4 Å². The van der Waals surface area contributed by atoms with Crippen LogP contribution in [0.3, 0.4) is 0 Å². The van der Waals surface area contributed by atoms with Crippen LogP contribution < -0.4 is 16.0 Å². The van der Waals surface area contributed by atoms with Gasteiger partial charge in [-0.3, -0.25) is 14.5 Å². The van der Waals surface area contributed by atoms with Crippen molar-refractivity contribution in [2.75, 3.05) is 26.2 Å². The lowest BCUT2D eigenvalue weighted by molar-refractivity contribution is -0.136. The Bertz CT molecular complexity index is 529. The van der Waals surface area contributed by atoms with E-state index in [9.17, 15) is 14.4 Å². The van der Waals surface area contributed by atoms with E-state index in [2.05, 4.69) is 22.9 Å². The molecule has 3 fully saturated rings. The van der Waals surface area contributed by atoms with E-state index in [1.165, 1.54) is 0 Å². The Morgan fingerprint density at radius 3 is 2.58 bits per heavy atom. The molecule has 0 aromatic rings. The van der Waals surface area contributed by atoms with E-state index in [0.29, 0.717) is 31.2 Å². The topological polar surface area (TPSA) is 90.5 Å². The number of hydrogen-bond donors (Lipinski definition) is 3. The maximum atomic E-state index is 12.8. The van der Waals surface area contributed by atoms with E-state index in [1.807, 2.05) is 0 Å². The van der Waals surface area contributed by atoms with Crippen LogP contribution in [0.1, 0.15) is 51.9 Å². The van der Waals surface area contributed by atoms with Crippen LogP contribution >= 0.6 is 12.4 Å². The Morgan fingerprint density at radius 1 is 1.23 bits per heavy atom. The van der Waals surface area contributed by atoms with Gasteiger partial charge in [0.2, 0.25) is 5.91 Å². The summed E-state index contributed by atoms with van der Waals surface area (Å²) in [6, 6.07) is -0.421. The lowest BCUT2D eigenvalue weighted by Gasteiger charge is -2.34. The lowest BCUT2D eigenvalue weighted by Crippen LogP contribution is -2.50. The van der Waals surface area contributed by atoms with Crippen molar-refractivity contribution in [2.24, 2.45) is 11.8 Å². The molecule has 2 aliphatic heterocycles. The first-order chi connectivity index (χ1) is 12.0. The zero-order valence-corrected chi connectivity index (χ0v) is 16.3. The summed E-state index contributed by atoms with van der Waals surface area (Å²) in [5.41, 5.74) is -0.765. The van der Waals surface area contributed by atoms with Gasteiger partial charge in [0.05, 0.1) is 0 Å². The molecule has 1 unspecified atom stereocenters. The number of rotatable bonds is 6. The third kappa shape index (κ3) is 4.49. The molecule has 1 atom stereocenters. The normalized spacial score (nSPS) is 31.0. The summed E-state index contributed by atoms with van der Waals surface area (Å²) in [5.74, 6) is 0.766. The van der Waals surface area contributed by atoms with Gasteiger partial charge < -0.3 is 16.0 Å². The van der Waals surface area contributed by atoms with Gasteiger partial charge in [0.25, 0.3) is 5.91 Å². The van der Waals surface area contributed by atoms with Gasteiger partial charge in [0.1, 0.15) is 12.1 Å². The molecule has 2 heterocycles. The highest BCUT2D eigenvalue weighted by molar-refractivity contribution is 6.09. The Hall–Kier alpha value is -1.34. The Balaban J connectivity index is 0.00000243. The predicted octanol–water partition coefficient (Wildman–Crippen LogP) is 1.41. The van der Waals surface area contributed by atoms with Crippen LogP contribution in [0, 0.1) is 11.8 Å². The molecule has 8 heteroatoms. The van der Waals surface area contributed by atoms with Crippen molar-refractivity contribution in [1.29, 1.82) is 0 Å². The fourth-order valence-electron chi connectivity index (χ4n) is 4.31. The standard InChI is InChI=1S/C18H30N4O3.ClH/c1-2-13-3-7-18(8-4-13)16(24)22(17(25)21-18)12-15(23)20-10-6-14-5-9-19-11-14;/h13-14,19H,2-12H2,1H3,(H,20,23)(H,21,25);1H. The molecule has 0 radical (unpaired) electrons. The molecule has 0 aromatic carbocycles. The molecule has 3 N–H and O–H groups in total. The van der Waals surface area contributed by atoms with Crippen LogP contribution in [0.4, 0.5) is 4.79 Å². The molecule has 26 heavy (non-hydrogen) atoms. The fourth-order valence-corrected chi connectivity index (χ4v) is 4.31. The molecule has 148 valence electrons. The number of amides is 4. The van der Waals surface area contributed by atoms with Crippen LogP contribution in [0.5, 0.6) is 0 Å². The minimum Gasteiger partial charge on any atom is -0.355 e. The van der Waals surface area contributed by atoms with Crippen molar-refractivity contribution in [3.05, 3.63) is 0 Å². The van der Waals surface area contributed by atoms with E-state index in [4.69, 9.17) is 0 Å². The number of nitrogens with one attached hydrogen (secondary N) is 3. The van der Waals surface area contributed by atoms with E-state index >= 15 is 0 Å². The number of imide groups is 1. The monoisotopic (exact) mass is 386 g/mol. The minimum atomic E-state index is -0.765. The van der Waals surface area contributed by atoms with Gasteiger partial charge in [-0.1, -0.05) is 13.3 Å². The lowest BCUT2D eigenvalue weighted by atomic mass is 9.75. The summed E-state index contributed by atoms with van der Waals surface area (Å²) in [7, 11) is 0. The highest BCUT2D eigenvalue weighted by Gasteiger charge is 2.52. The van der Waals surface area contributed by atoms with Crippen molar-refractivity contribution in [3.8, 4) is 0 Å². The Kier molecular flexibility index (Phi) is 7.29. The van der Waals surface area contributed by atoms with Crippen LogP contribution in [0.15, 0.2) is 0 Å².